The molecule has 2 N–H and O–H groups in total. The number of hydrogen-bond donors (Lipinski definition) is 2. The Morgan fingerprint density at radius 3 is 2.26 bits per heavy atom. The van der Waals surface area contributed by atoms with E-state index in [1.807, 2.05) is 65.6 Å². The molecule has 2 aromatic carbocycles. The SMILES string of the molecule is CC1CCN(CCNC(=O)C2CNCC3C(=O)OC(c4ccccc4)(c4ccccc4)N23)CC1. The molecule has 1 amide bonds. The number of carbonyl (C=O) groups is 2. The minimum Gasteiger partial charge on any atom is -0.434 e. The van der Waals surface area contributed by atoms with Crippen molar-refractivity contribution in [3.63, 3.8) is 0 Å². The molecule has 34 heavy (non-hydrogen) atoms. The predicted molar refractivity (Wildman–Crippen MR) is 130 cm³/mol. The zero-order chi connectivity index (χ0) is 23.5. The van der Waals surface area contributed by atoms with Crippen LogP contribution in [0.25, 0.3) is 0 Å². The van der Waals surface area contributed by atoms with E-state index in [9.17, 15) is 9.59 Å². The first-order chi connectivity index (χ1) is 16.6. The number of cyclic esters (lactones) is 1. The normalized spacial score (nSPS) is 25.5. The van der Waals surface area contributed by atoms with Crippen molar-refractivity contribution >= 4 is 11.9 Å². The average molecular weight is 463 g/mol. The zero-order valence-electron chi connectivity index (χ0n) is 19.8. The average Bonchev–Trinajstić information content (AvgIpc) is 3.20. The van der Waals surface area contributed by atoms with Crippen molar-refractivity contribution in [3.05, 3.63) is 71.8 Å². The van der Waals surface area contributed by atoms with Crippen molar-refractivity contribution in [1.82, 2.24) is 20.4 Å². The van der Waals surface area contributed by atoms with Crippen LogP contribution in [-0.2, 0) is 20.1 Å². The van der Waals surface area contributed by atoms with Gasteiger partial charge < -0.3 is 20.3 Å². The summed E-state index contributed by atoms with van der Waals surface area (Å²) in [5.41, 5.74) is 0.551. The van der Waals surface area contributed by atoms with Crippen molar-refractivity contribution in [3.8, 4) is 0 Å². The van der Waals surface area contributed by atoms with Crippen molar-refractivity contribution in [2.75, 3.05) is 39.3 Å². The fourth-order valence-electron chi connectivity index (χ4n) is 5.54. The molecule has 0 saturated carbocycles. The topological polar surface area (TPSA) is 73.9 Å². The Balaban J connectivity index is 1.41. The second kappa shape index (κ2) is 9.86. The van der Waals surface area contributed by atoms with E-state index in [-0.39, 0.29) is 11.9 Å². The van der Waals surface area contributed by atoms with E-state index in [0.29, 0.717) is 19.6 Å². The predicted octanol–water partition coefficient (Wildman–Crippen LogP) is 1.94. The number of hydrogen-bond acceptors (Lipinski definition) is 6. The summed E-state index contributed by atoms with van der Waals surface area (Å²) < 4.78 is 6.22. The number of piperazine rings is 1. The molecular formula is C27H34N4O3. The van der Waals surface area contributed by atoms with Gasteiger partial charge >= 0.3 is 5.97 Å². The highest BCUT2D eigenvalue weighted by Crippen LogP contribution is 2.45. The van der Waals surface area contributed by atoms with E-state index in [0.717, 1.165) is 36.7 Å². The van der Waals surface area contributed by atoms with Crippen LogP contribution in [0.3, 0.4) is 0 Å². The number of amides is 1. The quantitative estimate of drug-likeness (QED) is 0.640. The Morgan fingerprint density at radius 1 is 1.03 bits per heavy atom. The number of esters is 1. The van der Waals surface area contributed by atoms with Gasteiger partial charge in [-0.2, -0.15) is 0 Å². The fourth-order valence-corrected chi connectivity index (χ4v) is 5.54. The number of ether oxygens (including phenoxy) is 1. The summed E-state index contributed by atoms with van der Waals surface area (Å²) >= 11 is 0. The second-order valence-corrected chi connectivity index (χ2v) is 9.71. The summed E-state index contributed by atoms with van der Waals surface area (Å²) in [5, 5.41) is 6.44. The molecule has 3 saturated heterocycles. The van der Waals surface area contributed by atoms with E-state index in [1.165, 1.54) is 12.8 Å². The van der Waals surface area contributed by atoms with Gasteiger partial charge in [-0.1, -0.05) is 67.6 Å². The summed E-state index contributed by atoms with van der Waals surface area (Å²) in [7, 11) is 0. The fraction of sp³-hybridized carbons (Fsp3) is 0.481. The second-order valence-electron chi connectivity index (χ2n) is 9.71. The summed E-state index contributed by atoms with van der Waals surface area (Å²) in [4.78, 5) is 31.1. The van der Waals surface area contributed by atoms with Gasteiger partial charge in [0.15, 0.2) is 0 Å². The Hall–Kier alpha value is -2.74. The van der Waals surface area contributed by atoms with Crippen LogP contribution in [0.2, 0.25) is 0 Å². The van der Waals surface area contributed by atoms with Gasteiger partial charge in [0.25, 0.3) is 0 Å². The Morgan fingerprint density at radius 2 is 1.65 bits per heavy atom. The molecule has 0 radical (unpaired) electrons. The first kappa shape index (κ1) is 23.0. The van der Waals surface area contributed by atoms with Crippen LogP contribution in [-0.4, -0.2) is 73.0 Å². The van der Waals surface area contributed by atoms with Crippen LogP contribution < -0.4 is 10.6 Å². The number of nitrogens with zero attached hydrogens (tertiary/aromatic N) is 2. The summed E-state index contributed by atoms with van der Waals surface area (Å²) in [6.45, 7) is 6.84. The number of benzene rings is 2. The maximum Gasteiger partial charge on any atom is 0.327 e. The standard InChI is InChI=1S/C27H34N4O3/c1-20-12-15-30(16-13-20)17-14-29-25(32)23-18-28-19-24-26(33)34-27(31(23)24,21-8-4-2-5-9-21)22-10-6-3-7-11-22/h2-11,20,23-24,28H,12-19H2,1H3,(H,29,32). The van der Waals surface area contributed by atoms with Gasteiger partial charge in [-0.15, -0.1) is 0 Å². The molecule has 0 aromatic heterocycles. The first-order valence-corrected chi connectivity index (χ1v) is 12.4. The molecule has 5 rings (SSSR count). The Bertz CT molecular complexity index is 952. The lowest BCUT2D eigenvalue weighted by Gasteiger charge is -2.44. The third-order valence-electron chi connectivity index (χ3n) is 7.47. The molecule has 2 atom stereocenters. The third-order valence-corrected chi connectivity index (χ3v) is 7.47. The van der Waals surface area contributed by atoms with Gasteiger partial charge in [0.05, 0.1) is 0 Å². The number of rotatable bonds is 6. The van der Waals surface area contributed by atoms with Crippen molar-refractivity contribution in [2.45, 2.75) is 37.6 Å². The number of carbonyl (C=O) groups excluding carboxylic acids is 2. The van der Waals surface area contributed by atoms with Crippen molar-refractivity contribution in [1.29, 1.82) is 0 Å². The van der Waals surface area contributed by atoms with Gasteiger partial charge in [0.1, 0.15) is 12.1 Å². The summed E-state index contributed by atoms with van der Waals surface area (Å²) in [5.74, 6) is 0.408. The highest BCUT2D eigenvalue weighted by atomic mass is 16.6. The van der Waals surface area contributed by atoms with Crippen LogP contribution in [0.5, 0.6) is 0 Å². The van der Waals surface area contributed by atoms with Crippen LogP contribution in [0, 0.1) is 5.92 Å². The van der Waals surface area contributed by atoms with Gasteiger partial charge in [-0.25, -0.2) is 4.90 Å². The van der Waals surface area contributed by atoms with Gasteiger partial charge in [-0.3, -0.25) is 9.59 Å². The van der Waals surface area contributed by atoms with E-state index < -0.39 is 17.8 Å². The molecule has 7 nitrogen and oxygen atoms in total. The largest absolute Gasteiger partial charge is 0.434 e. The lowest BCUT2D eigenvalue weighted by molar-refractivity contribution is -0.153. The first-order valence-electron chi connectivity index (χ1n) is 12.4. The van der Waals surface area contributed by atoms with Crippen molar-refractivity contribution in [2.24, 2.45) is 5.92 Å². The van der Waals surface area contributed by atoms with Crippen LogP contribution in [0.15, 0.2) is 60.7 Å². The minimum absolute atomic E-state index is 0.0721. The molecule has 0 aliphatic carbocycles. The number of likely N-dealkylation sites (tertiary alicyclic amines) is 1. The molecule has 7 heteroatoms. The molecule has 2 aromatic rings. The van der Waals surface area contributed by atoms with Crippen LogP contribution in [0.4, 0.5) is 0 Å². The molecule has 3 aliphatic heterocycles. The molecule has 2 unspecified atom stereocenters. The monoisotopic (exact) mass is 462 g/mol. The van der Waals surface area contributed by atoms with E-state index >= 15 is 0 Å². The highest BCUT2D eigenvalue weighted by Gasteiger charge is 2.60. The number of nitrogens with one attached hydrogen (secondary N) is 2. The molecule has 3 fully saturated rings. The minimum atomic E-state index is -1.14. The number of fused-ring (bicyclic) bond motifs is 1. The van der Waals surface area contributed by atoms with Gasteiger partial charge in [0.2, 0.25) is 11.6 Å². The summed E-state index contributed by atoms with van der Waals surface area (Å²) in [6.07, 6.45) is 2.43. The Labute approximate surface area is 201 Å². The van der Waals surface area contributed by atoms with Crippen LogP contribution in [0.1, 0.15) is 30.9 Å². The molecule has 0 spiro atoms. The van der Waals surface area contributed by atoms with E-state index in [1.54, 1.807) is 0 Å². The van der Waals surface area contributed by atoms with Crippen LogP contribution >= 0.6 is 0 Å². The van der Waals surface area contributed by atoms with E-state index in [4.69, 9.17) is 4.74 Å². The molecule has 3 heterocycles. The third kappa shape index (κ3) is 4.24. The number of piperidine rings is 1. The Kier molecular flexibility index (Phi) is 6.68. The molecule has 0 bridgehead atoms. The maximum atomic E-state index is 13.5. The lowest BCUT2D eigenvalue weighted by atomic mass is 9.90. The maximum absolute atomic E-state index is 13.5. The van der Waals surface area contributed by atoms with E-state index in [2.05, 4.69) is 22.5 Å². The van der Waals surface area contributed by atoms with Gasteiger partial charge in [-0.05, 0) is 31.8 Å². The summed E-state index contributed by atoms with van der Waals surface area (Å²) in [6, 6.07) is 18.5. The molecular weight excluding hydrogens is 428 g/mol. The molecule has 180 valence electrons. The highest BCUT2D eigenvalue weighted by molar-refractivity contribution is 5.86. The zero-order valence-corrected chi connectivity index (χ0v) is 19.8. The van der Waals surface area contributed by atoms with Gasteiger partial charge in [0, 0.05) is 37.3 Å². The van der Waals surface area contributed by atoms with Crippen molar-refractivity contribution < 1.29 is 14.3 Å². The lowest BCUT2D eigenvalue weighted by Crippen LogP contribution is -2.66. The molecule has 3 aliphatic rings. The smallest absolute Gasteiger partial charge is 0.327 e.